The molecule has 1 heterocycles. The number of benzene rings is 1. The molecule has 0 aliphatic carbocycles. The van der Waals surface area contributed by atoms with Crippen molar-refractivity contribution in [2.75, 3.05) is 13.2 Å². The van der Waals surface area contributed by atoms with Crippen LogP contribution in [0, 0.1) is 10.1 Å². The van der Waals surface area contributed by atoms with Crippen molar-refractivity contribution in [3.63, 3.8) is 0 Å². The Bertz CT molecular complexity index is 695. The fraction of sp³-hybridized carbons (Fsp3) is 0.200. The van der Waals surface area contributed by atoms with E-state index in [0.29, 0.717) is 5.76 Å². The number of hydrogen-bond donors (Lipinski definition) is 1. The lowest BCUT2D eigenvalue weighted by Gasteiger charge is -2.07. The molecule has 9 heteroatoms. The molecular formula is C15H14N2O7. The van der Waals surface area contributed by atoms with Gasteiger partial charge in [-0.25, -0.2) is 4.79 Å². The number of esters is 1. The minimum absolute atomic E-state index is 0.0850. The minimum atomic E-state index is -0.735. The van der Waals surface area contributed by atoms with Crippen LogP contribution in [-0.4, -0.2) is 30.0 Å². The highest BCUT2D eigenvalue weighted by Gasteiger charge is 2.10. The maximum Gasteiger partial charge on any atom is 0.344 e. The average molecular weight is 334 g/mol. The Morgan fingerprint density at radius 1 is 1.17 bits per heavy atom. The van der Waals surface area contributed by atoms with E-state index in [9.17, 15) is 19.7 Å². The standard InChI is InChI=1S/C15H14N2O7/c18-14(16-8-13-2-1-7-22-13)9-24-15(19)10-23-12-5-3-11(4-6-12)17(20)21/h1-7H,8-10H2,(H,16,18). The summed E-state index contributed by atoms with van der Waals surface area (Å²) < 4.78 is 14.9. The quantitative estimate of drug-likeness (QED) is 0.440. The van der Waals surface area contributed by atoms with Crippen molar-refractivity contribution in [3.05, 3.63) is 58.5 Å². The van der Waals surface area contributed by atoms with E-state index in [2.05, 4.69) is 5.32 Å². The van der Waals surface area contributed by atoms with Crippen LogP contribution in [0.1, 0.15) is 5.76 Å². The van der Waals surface area contributed by atoms with Gasteiger partial charge in [0.2, 0.25) is 0 Å². The van der Waals surface area contributed by atoms with E-state index in [1.54, 1.807) is 12.1 Å². The molecule has 0 atom stereocenters. The zero-order chi connectivity index (χ0) is 17.4. The summed E-state index contributed by atoms with van der Waals surface area (Å²) in [6, 6.07) is 8.62. The van der Waals surface area contributed by atoms with Crippen molar-refractivity contribution < 1.29 is 28.4 Å². The summed E-state index contributed by atoms with van der Waals surface area (Å²) in [6.07, 6.45) is 1.48. The normalized spacial score (nSPS) is 10.0. The average Bonchev–Trinajstić information content (AvgIpc) is 3.10. The van der Waals surface area contributed by atoms with Gasteiger partial charge in [0.1, 0.15) is 11.5 Å². The summed E-state index contributed by atoms with van der Waals surface area (Å²) in [7, 11) is 0. The van der Waals surface area contributed by atoms with Gasteiger partial charge >= 0.3 is 5.97 Å². The van der Waals surface area contributed by atoms with Crippen LogP contribution < -0.4 is 10.1 Å². The second-order valence-electron chi connectivity index (χ2n) is 4.56. The van der Waals surface area contributed by atoms with Crippen molar-refractivity contribution in [1.82, 2.24) is 5.32 Å². The molecule has 0 aliphatic rings. The van der Waals surface area contributed by atoms with Gasteiger partial charge in [-0.1, -0.05) is 0 Å². The molecule has 1 amide bonds. The molecule has 2 aromatic rings. The monoisotopic (exact) mass is 334 g/mol. The van der Waals surface area contributed by atoms with E-state index in [-0.39, 0.29) is 18.0 Å². The van der Waals surface area contributed by atoms with Crippen LogP contribution >= 0.6 is 0 Å². The first-order valence-corrected chi connectivity index (χ1v) is 6.86. The summed E-state index contributed by atoms with van der Waals surface area (Å²) >= 11 is 0. The molecule has 126 valence electrons. The molecular weight excluding hydrogens is 320 g/mol. The molecule has 1 N–H and O–H groups in total. The van der Waals surface area contributed by atoms with Gasteiger partial charge in [0.05, 0.1) is 17.7 Å². The Labute approximate surface area is 136 Å². The lowest BCUT2D eigenvalue weighted by Crippen LogP contribution is -2.29. The zero-order valence-corrected chi connectivity index (χ0v) is 12.5. The van der Waals surface area contributed by atoms with Gasteiger partial charge in [-0.2, -0.15) is 0 Å². The van der Waals surface area contributed by atoms with Crippen LogP contribution in [0.2, 0.25) is 0 Å². The molecule has 24 heavy (non-hydrogen) atoms. The molecule has 2 rings (SSSR count). The number of nitrogens with one attached hydrogen (secondary N) is 1. The van der Waals surface area contributed by atoms with Gasteiger partial charge in [0.15, 0.2) is 13.2 Å². The number of hydrogen-bond acceptors (Lipinski definition) is 7. The van der Waals surface area contributed by atoms with Crippen molar-refractivity contribution in [1.29, 1.82) is 0 Å². The summed E-state index contributed by atoms with van der Waals surface area (Å²) in [5, 5.41) is 13.0. The number of amides is 1. The van der Waals surface area contributed by atoms with Crippen LogP contribution in [0.15, 0.2) is 47.1 Å². The predicted molar refractivity (Wildman–Crippen MR) is 80.1 cm³/mol. The van der Waals surface area contributed by atoms with Crippen molar-refractivity contribution in [2.45, 2.75) is 6.54 Å². The minimum Gasteiger partial charge on any atom is -0.482 e. The van der Waals surface area contributed by atoms with Crippen LogP contribution in [0.25, 0.3) is 0 Å². The SMILES string of the molecule is O=C(COC(=O)COc1ccc([N+](=O)[O-])cc1)NCc1ccco1. The van der Waals surface area contributed by atoms with Crippen LogP contribution in [0.3, 0.4) is 0 Å². The summed E-state index contributed by atoms with van der Waals surface area (Å²) in [4.78, 5) is 32.9. The highest BCUT2D eigenvalue weighted by atomic mass is 16.6. The third-order valence-corrected chi connectivity index (χ3v) is 2.81. The van der Waals surface area contributed by atoms with Crippen molar-refractivity contribution >= 4 is 17.6 Å². The van der Waals surface area contributed by atoms with E-state index in [0.717, 1.165) is 0 Å². The van der Waals surface area contributed by atoms with Crippen molar-refractivity contribution in [3.8, 4) is 5.75 Å². The van der Waals surface area contributed by atoms with Gasteiger partial charge in [-0.15, -0.1) is 0 Å². The second kappa shape index (κ2) is 8.32. The Balaban J connectivity index is 1.65. The van der Waals surface area contributed by atoms with Gasteiger partial charge in [-0.3, -0.25) is 14.9 Å². The summed E-state index contributed by atoms with van der Waals surface area (Å²) in [5.74, 6) is -0.354. The molecule has 0 unspecified atom stereocenters. The number of nitro benzene ring substituents is 1. The van der Waals surface area contributed by atoms with E-state index < -0.39 is 30.0 Å². The van der Waals surface area contributed by atoms with Gasteiger partial charge in [0.25, 0.3) is 11.6 Å². The Hall–Kier alpha value is -3.36. The molecule has 9 nitrogen and oxygen atoms in total. The largest absolute Gasteiger partial charge is 0.482 e. The van der Waals surface area contributed by atoms with Gasteiger partial charge < -0.3 is 19.2 Å². The van der Waals surface area contributed by atoms with E-state index >= 15 is 0 Å². The molecule has 0 fully saturated rings. The molecule has 0 spiro atoms. The van der Waals surface area contributed by atoms with Crippen LogP contribution in [-0.2, 0) is 20.9 Å². The first kappa shape index (κ1) is 17.0. The molecule has 1 aromatic carbocycles. The zero-order valence-electron chi connectivity index (χ0n) is 12.5. The number of carbonyl (C=O) groups excluding carboxylic acids is 2. The maximum atomic E-state index is 11.5. The van der Waals surface area contributed by atoms with E-state index in [1.165, 1.54) is 30.5 Å². The number of rotatable bonds is 8. The number of furan rings is 1. The molecule has 1 aromatic heterocycles. The Morgan fingerprint density at radius 3 is 2.54 bits per heavy atom. The topological polar surface area (TPSA) is 121 Å². The lowest BCUT2D eigenvalue weighted by molar-refractivity contribution is -0.384. The molecule has 0 bridgehead atoms. The van der Waals surface area contributed by atoms with Gasteiger partial charge in [0, 0.05) is 12.1 Å². The Morgan fingerprint density at radius 2 is 1.92 bits per heavy atom. The second-order valence-corrected chi connectivity index (χ2v) is 4.56. The molecule has 0 saturated carbocycles. The number of nitro groups is 1. The van der Waals surface area contributed by atoms with E-state index in [1.807, 2.05) is 0 Å². The number of carbonyl (C=O) groups is 2. The smallest absolute Gasteiger partial charge is 0.344 e. The summed E-state index contributed by atoms with van der Waals surface area (Å²) in [5.41, 5.74) is -0.0850. The fourth-order valence-electron chi connectivity index (χ4n) is 1.64. The first-order valence-electron chi connectivity index (χ1n) is 6.86. The van der Waals surface area contributed by atoms with Gasteiger partial charge in [-0.05, 0) is 24.3 Å². The number of non-ortho nitro benzene ring substituents is 1. The van der Waals surface area contributed by atoms with E-state index in [4.69, 9.17) is 13.9 Å². The Kier molecular flexibility index (Phi) is 5.89. The van der Waals surface area contributed by atoms with Crippen molar-refractivity contribution in [2.24, 2.45) is 0 Å². The van der Waals surface area contributed by atoms with Crippen LogP contribution in [0.4, 0.5) is 5.69 Å². The highest BCUT2D eigenvalue weighted by Crippen LogP contribution is 2.17. The molecule has 0 aliphatic heterocycles. The summed E-state index contributed by atoms with van der Waals surface area (Å²) in [6.45, 7) is -0.658. The number of nitrogens with zero attached hydrogens (tertiary/aromatic N) is 1. The molecule has 0 saturated heterocycles. The highest BCUT2D eigenvalue weighted by molar-refractivity contribution is 5.80. The number of ether oxygens (including phenoxy) is 2. The first-order chi connectivity index (χ1) is 11.5. The fourth-order valence-corrected chi connectivity index (χ4v) is 1.64. The third kappa shape index (κ3) is 5.44. The maximum absolute atomic E-state index is 11.5. The molecule has 0 radical (unpaired) electrons. The lowest BCUT2D eigenvalue weighted by atomic mass is 10.3. The van der Waals surface area contributed by atoms with Crippen LogP contribution in [0.5, 0.6) is 5.75 Å². The predicted octanol–water partition coefficient (Wildman–Crippen LogP) is 1.43. The third-order valence-electron chi connectivity index (χ3n) is 2.81.